The molecule has 2 heterocycles. The van der Waals surface area contributed by atoms with E-state index >= 15 is 0 Å². The van der Waals surface area contributed by atoms with Gasteiger partial charge in [0.05, 0.1) is 21.7 Å². The number of carbonyl (C=O) groups excluding carboxylic acids is 1. The number of rotatable bonds is 6. The molecule has 1 aliphatic heterocycles. The molecule has 0 atom stereocenters. The molecule has 5 rings (SSSR count). The van der Waals surface area contributed by atoms with E-state index in [1.54, 1.807) is 25.1 Å². The molecular weight excluding hydrogens is 504 g/mol. The number of nitrogens with zero attached hydrogens (tertiary/aromatic N) is 2. The van der Waals surface area contributed by atoms with Crippen LogP contribution < -0.4 is 14.9 Å². The van der Waals surface area contributed by atoms with Crippen molar-refractivity contribution < 1.29 is 13.2 Å². The predicted molar refractivity (Wildman–Crippen MR) is 134 cm³/mol. The highest BCUT2D eigenvalue weighted by molar-refractivity contribution is 9.10. The number of hydrogen-bond acceptors (Lipinski definition) is 5. The van der Waals surface area contributed by atoms with E-state index in [1.807, 2.05) is 19.1 Å². The summed E-state index contributed by atoms with van der Waals surface area (Å²) in [4.78, 5) is 19.9. The van der Waals surface area contributed by atoms with E-state index in [-0.39, 0.29) is 5.91 Å². The third-order valence-corrected chi connectivity index (χ3v) is 10.5. The van der Waals surface area contributed by atoms with Crippen molar-refractivity contribution in [1.82, 2.24) is 4.98 Å². The van der Waals surface area contributed by atoms with Crippen LogP contribution in [0.5, 0.6) is 0 Å². The SMILES string of the molecule is Cc1ccc(NC(=O)c2ccc(NS(=O)(=O)C3(C)CC3)cc2N2CCC3(CC2)CC3)nc1Br. The molecule has 3 fully saturated rings. The Morgan fingerprint density at radius 2 is 1.76 bits per heavy atom. The lowest BCUT2D eigenvalue weighted by Crippen LogP contribution is -2.36. The molecule has 2 aromatic rings. The van der Waals surface area contributed by atoms with Crippen molar-refractivity contribution in [1.29, 1.82) is 0 Å². The van der Waals surface area contributed by atoms with Gasteiger partial charge in [-0.3, -0.25) is 9.52 Å². The maximum absolute atomic E-state index is 13.2. The summed E-state index contributed by atoms with van der Waals surface area (Å²) in [6.45, 7) is 5.43. The van der Waals surface area contributed by atoms with Crippen LogP contribution in [-0.4, -0.2) is 37.1 Å². The van der Waals surface area contributed by atoms with Crippen molar-refractivity contribution in [3.63, 3.8) is 0 Å². The van der Waals surface area contributed by atoms with E-state index in [2.05, 4.69) is 35.9 Å². The predicted octanol–water partition coefficient (Wildman–Crippen LogP) is 5.08. The molecule has 1 amide bonds. The first-order valence-corrected chi connectivity index (χ1v) is 13.7. The Morgan fingerprint density at radius 1 is 1.06 bits per heavy atom. The van der Waals surface area contributed by atoms with Crippen LogP contribution in [0.3, 0.4) is 0 Å². The van der Waals surface area contributed by atoms with Gasteiger partial charge in [-0.25, -0.2) is 13.4 Å². The molecule has 1 saturated heterocycles. The third-order valence-electron chi connectivity index (χ3n) is 7.50. The van der Waals surface area contributed by atoms with Gasteiger partial charge in [0.25, 0.3) is 5.91 Å². The number of amides is 1. The number of sulfonamides is 1. The number of halogens is 1. The molecule has 1 aromatic heterocycles. The fourth-order valence-corrected chi connectivity index (χ4v) is 6.07. The molecule has 9 heteroatoms. The minimum absolute atomic E-state index is 0.261. The van der Waals surface area contributed by atoms with E-state index in [9.17, 15) is 13.2 Å². The first-order chi connectivity index (χ1) is 15.6. The number of pyridine rings is 1. The smallest absolute Gasteiger partial charge is 0.258 e. The first kappa shape index (κ1) is 22.7. The highest BCUT2D eigenvalue weighted by Crippen LogP contribution is 2.54. The van der Waals surface area contributed by atoms with Gasteiger partial charge < -0.3 is 10.2 Å². The van der Waals surface area contributed by atoms with Gasteiger partial charge in [-0.2, -0.15) is 0 Å². The highest BCUT2D eigenvalue weighted by atomic mass is 79.9. The standard InChI is InChI=1S/C24H29BrN4O3S/c1-16-3-6-20(26-21(16)25)27-22(30)18-5-4-17(28-33(31,32)23(2)7-8-23)15-19(18)29-13-11-24(9-10-24)12-14-29/h3-6,15,28H,7-14H2,1-2H3,(H,26,27,30). The van der Waals surface area contributed by atoms with Gasteiger partial charge in [-0.1, -0.05) is 6.07 Å². The number of nitrogens with one attached hydrogen (secondary N) is 2. The summed E-state index contributed by atoms with van der Waals surface area (Å²) >= 11 is 3.41. The Hall–Kier alpha value is -2.13. The van der Waals surface area contributed by atoms with Gasteiger partial charge in [0, 0.05) is 13.1 Å². The zero-order valence-corrected chi connectivity index (χ0v) is 21.4. The molecule has 33 heavy (non-hydrogen) atoms. The maximum Gasteiger partial charge on any atom is 0.258 e. The van der Waals surface area contributed by atoms with Gasteiger partial charge in [-0.05, 0) is 104 Å². The highest BCUT2D eigenvalue weighted by Gasteiger charge is 2.50. The summed E-state index contributed by atoms with van der Waals surface area (Å²) in [6.07, 6.45) is 6.14. The van der Waals surface area contributed by atoms with Crippen molar-refractivity contribution in [2.45, 2.75) is 57.1 Å². The lowest BCUT2D eigenvalue weighted by molar-refractivity contribution is 0.102. The van der Waals surface area contributed by atoms with Crippen LogP contribution in [0, 0.1) is 12.3 Å². The van der Waals surface area contributed by atoms with E-state index in [0.717, 1.165) is 37.2 Å². The second-order valence-electron chi connectivity index (χ2n) is 10.0. The molecule has 7 nitrogen and oxygen atoms in total. The lowest BCUT2D eigenvalue weighted by atomic mass is 9.93. The Balaban J connectivity index is 1.44. The van der Waals surface area contributed by atoms with Crippen molar-refractivity contribution in [2.24, 2.45) is 5.41 Å². The average molecular weight is 533 g/mol. The number of aromatic nitrogens is 1. The van der Waals surface area contributed by atoms with Crippen LogP contribution in [0.2, 0.25) is 0 Å². The van der Waals surface area contributed by atoms with Crippen LogP contribution in [0.1, 0.15) is 61.4 Å². The van der Waals surface area contributed by atoms with Gasteiger partial charge in [0.2, 0.25) is 10.0 Å². The van der Waals surface area contributed by atoms with Crippen LogP contribution >= 0.6 is 15.9 Å². The number of aryl methyl sites for hydroxylation is 1. The quantitative estimate of drug-likeness (QED) is 0.506. The zero-order chi connectivity index (χ0) is 23.4. The van der Waals surface area contributed by atoms with Crippen LogP contribution in [0.25, 0.3) is 0 Å². The summed E-state index contributed by atoms with van der Waals surface area (Å²) in [6, 6.07) is 8.86. The molecule has 0 unspecified atom stereocenters. The zero-order valence-electron chi connectivity index (χ0n) is 18.9. The van der Waals surface area contributed by atoms with Gasteiger partial charge in [0.15, 0.2) is 0 Å². The molecule has 2 N–H and O–H groups in total. The van der Waals surface area contributed by atoms with Crippen LogP contribution in [0.4, 0.5) is 17.2 Å². The Bertz CT molecular complexity index is 1210. The van der Waals surface area contributed by atoms with E-state index in [1.165, 1.54) is 12.8 Å². The molecule has 2 aliphatic carbocycles. The molecular formula is C24H29BrN4O3S. The van der Waals surface area contributed by atoms with Crippen molar-refractivity contribution in [3.05, 3.63) is 46.1 Å². The molecule has 0 radical (unpaired) electrons. The second-order valence-corrected chi connectivity index (χ2v) is 13.0. The van der Waals surface area contributed by atoms with E-state index in [0.29, 0.717) is 39.9 Å². The van der Waals surface area contributed by atoms with E-state index < -0.39 is 14.8 Å². The van der Waals surface area contributed by atoms with Gasteiger partial charge in [-0.15, -0.1) is 0 Å². The van der Waals surface area contributed by atoms with Crippen molar-refractivity contribution >= 4 is 49.1 Å². The average Bonchev–Trinajstić information content (AvgIpc) is 3.70. The molecule has 1 spiro atoms. The topological polar surface area (TPSA) is 91.4 Å². The number of piperidine rings is 1. The monoisotopic (exact) mass is 532 g/mol. The summed E-state index contributed by atoms with van der Waals surface area (Å²) in [5.74, 6) is 0.203. The number of anilines is 3. The molecule has 2 saturated carbocycles. The number of carbonyl (C=O) groups is 1. The summed E-state index contributed by atoms with van der Waals surface area (Å²) in [5.41, 5.74) is 3.25. The Labute approximate surface area is 203 Å². The summed E-state index contributed by atoms with van der Waals surface area (Å²) in [7, 11) is -3.47. The van der Waals surface area contributed by atoms with Crippen LogP contribution in [-0.2, 0) is 10.0 Å². The minimum Gasteiger partial charge on any atom is -0.371 e. The number of benzene rings is 1. The summed E-state index contributed by atoms with van der Waals surface area (Å²) in [5, 5.41) is 2.89. The summed E-state index contributed by atoms with van der Waals surface area (Å²) < 4.78 is 28.3. The Kier molecular flexibility index (Phi) is 5.47. The Morgan fingerprint density at radius 3 is 2.36 bits per heavy atom. The molecule has 3 aliphatic rings. The van der Waals surface area contributed by atoms with E-state index in [4.69, 9.17) is 0 Å². The maximum atomic E-state index is 13.2. The van der Waals surface area contributed by atoms with Crippen LogP contribution in [0.15, 0.2) is 34.9 Å². The lowest BCUT2D eigenvalue weighted by Gasteiger charge is -2.35. The second kappa shape index (κ2) is 7.98. The van der Waals surface area contributed by atoms with Gasteiger partial charge >= 0.3 is 0 Å². The van der Waals surface area contributed by atoms with Gasteiger partial charge in [0.1, 0.15) is 10.4 Å². The fourth-order valence-electron chi connectivity index (χ4n) is 4.43. The first-order valence-electron chi connectivity index (χ1n) is 11.5. The normalized spacial score (nSPS) is 20.4. The fraction of sp³-hybridized carbons (Fsp3) is 0.500. The largest absolute Gasteiger partial charge is 0.371 e. The third kappa shape index (κ3) is 4.49. The molecule has 176 valence electrons. The van der Waals surface area contributed by atoms with Crippen molar-refractivity contribution in [2.75, 3.05) is 28.0 Å². The number of hydrogen-bond donors (Lipinski definition) is 2. The minimum atomic E-state index is -3.47. The van der Waals surface area contributed by atoms with Crippen molar-refractivity contribution in [3.8, 4) is 0 Å². The molecule has 1 aromatic carbocycles. The molecule has 0 bridgehead atoms.